The second-order valence-electron chi connectivity index (χ2n) is 4.59. The summed E-state index contributed by atoms with van der Waals surface area (Å²) in [6.45, 7) is 1.73. The molecular weight excluding hydrogens is 300 g/mol. The van der Waals surface area contributed by atoms with Gasteiger partial charge in [-0.25, -0.2) is 4.98 Å². The number of nitriles is 1. The van der Waals surface area contributed by atoms with Gasteiger partial charge < -0.3 is 5.11 Å². The van der Waals surface area contributed by atoms with Gasteiger partial charge in [0.25, 0.3) is 0 Å². The maximum Gasteiger partial charge on any atom is 0.155 e. The van der Waals surface area contributed by atoms with E-state index in [0.717, 1.165) is 25.0 Å². The Balaban J connectivity index is 2.01. The lowest BCUT2D eigenvalue weighted by molar-refractivity contribution is 0.196. The molecule has 5 heteroatoms. The second-order valence-corrected chi connectivity index (χ2v) is 6.91. The number of aromatic nitrogens is 1. The lowest BCUT2D eigenvalue weighted by atomic mass is 10.1. The Morgan fingerprint density at radius 2 is 2.10 bits per heavy atom. The van der Waals surface area contributed by atoms with Crippen LogP contribution in [0.3, 0.4) is 0 Å². The normalized spacial score (nSPS) is 12.2. The van der Waals surface area contributed by atoms with Crippen LogP contribution in [0.25, 0.3) is 10.2 Å². The van der Waals surface area contributed by atoms with Crippen molar-refractivity contribution in [2.75, 3.05) is 0 Å². The standard InChI is InChI=1S/C16H12N2OS2/c1-10(19)12-7-6-11(9-17)8-15(12)21-16-18-13-4-2-3-5-14(13)20-16/h2-8,10,19H,1H3/t10-/m0/s1. The van der Waals surface area contributed by atoms with Crippen molar-refractivity contribution < 1.29 is 5.11 Å². The van der Waals surface area contributed by atoms with E-state index in [1.54, 1.807) is 36.5 Å². The average Bonchev–Trinajstić information content (AvgIpc) is 2.89. The van der Waals surface area contributed by atoms with Crippen molar-refractivity contribution in [3.05, 3.63) is 53.6 Å². The lowest BCUT2D eigenvalue weighted by Crippen LogP contribution is -1.94. The van der Waals surface area contributed by atoms with Gasteiger partial charge in [-0.2, -0.15) is 5.26 Å². The van der Waals surface area contributed by atoms with Crippen molar-refractivity contribution in [1.29, 1.82) is 5.26 Å². The number of aliphatic hydroxyl groups excluding tert-OH is 1. The molecule has 1 aromatic heterocycles. The molecular formula is C16H12N2OS2. The largest absolute Gasteiger partial charge is 0.389 e. The number of hydrogen-bond acceptors (Lipinski definition) is 5. The third kappa shape index (κ3) is 2.93. The van der Waals surface area contributed by atoms with Crippen molar-refractivity contribution >= 4 is 33.3 Å². The van der Waals surface area contributed by atoms with E-state index < -0.39 is 6.10 Å². The number of nitrogens with zero attached hydrogens (tertiary/aromatic N) is 2. The molecule has 0 amide bonds. The van der Waals surface area contributed by atoms with E-state index in [9.17, 15) is 5.11 Å². The molecule has 3 nitrogen and oxygen atoms in total. The maximum absolute atomic E-state index is 9.87. The molecule has 3 rings (SSSR count). The molecule has 1 N–H and O–H groups in total. The predicted octanol–water partition coefficient (Wildman–Crippen LogP) is 4.37. The smallest absolute Gasteiger partial charge is 0.155 e. The molecule has 0 radical (unpaired) electrons. The van der Waals surface area contributed by atoms with Crippen molar-refractivity contribution in [2.45, 2.75) is 22.3 Å². The molecule has 21 heavy (non-hydrogen) atoms. The SMILES string of the molecule is C[C@H](O)c1ccc(C#N)cc1Sc1nc2ccccc2s1. The van der Waals surface area contributed by atoms with Gasteiger partial charge in [0.05, 0.1) is 28.0 Å². The minimum atomic E-state index is -0.574. The summed E-state index contributed by atoms with van der Waals surface area (Å²) in [5, 5.41) is 18.9. The van der Waals surface area contributed by atoms with E-state index >= 15 is 0 Å². The highest BCUT2D eigenvalue weighted by Gasteiger charge is 2.13. The van der Waals surface area contributed by atoms with Crippen molar-refractivity contribution in [3.8, 4) is 6.07 Å². The highest BCUT2D eigenvalue weighted by atomic mass is 32.2. The molecule has 0 saturated carbocycles. The van der Waals surface area contributed by atoms with E-state index in [2.05, 4.69) is 11.1 Å². The van der Waals surface area contributed by atoms with Crippen LogP contribution in [0.4, 0.5) is 0 Å². The first-order valence-electron chi connectivity index (χ1n) is 6.43. The van der Waals surface area contributed by atoms with Crippen LogP contribution in [0.2, 0.25) is 0 Å². The number of aliphatic hydroxyl groups is 1. The van der Waals surface area contributed by atoms with Crippen LogP contribution >= 0.6 is 23.1 Å². The predicted molar refractivity (Wildman–Crippen MR) is 85.5 cm³/mol. The first-order valence-corrected chi connectivity index (χ1v) is 8.06. The molecule has 1 heterocycles. The van der Waals surface area contributed by atoms with Crippen LogP contribution in [0.1, 0.15) is 24.2 Å². The van der Waals surface area contributed by atoms with Crippen LogP contribution in [-0.4, -0.2) is 10.1 Å². The zero-order chi connectivity index (χ0) is 14.8. The van der Waals surface area contributed by atoms with Crippen LogP contribution in [0.5, 0.6) is 0 Å². The number of thiazole rings is 1. The van der Waals surface area contributed by atoms with Crippen LogP contribution < -0.4 is 0 Å². The van der Waals surface area contributed by atoms with Gasteiger partial charge in [0.1, 0.15) is 0 Å². The van der Waals surface area contributed by atoms with Gasteiger partial charge in [-0.15, -0.1) is 11.3 Å². The molecule has 0 aliphatic heterocycles. The van der Waals surface area contributed by atoms with Crippen LogP contribution in [0.15, 0.2) is 51.7 Å². The Kier molecular flexibility index (Phi) is 3.93. The van der Waals surface area contributed by atoms with Gasteiger partial charge in [0.2, 0.25) is 0 Å². The van der Waals surface area contributed by atoms with Gasteiger partial charge in [-0.1, -0.05) is 30.0 Å². The topological polar surface area (TPSA) is 56.9 Å². The lowest BCUT2D eigenvalue weighted by Gasteiger charge is -2.10. The Labute approximate surface area is 130 Å². The third-order valence-electron chi connectivity index (χ3n) is 3.06. The summed E-state index contributed by atoms with van der Waals surface area (Å²) in [6, 6.07) is 15.5. The molecule has 3 aromatic rings. The number of fused-ring (bicyclic) bond motifs is 1. The maximum atomic E-state index is 9.87. The Morgan fingerprint density at radius 3 is 2.81 bits per heavy atom. The molecule has 0 aliphatic rings. The van der Waals surface area contributed by atoms with Gasteiger partial charge in [0, 0.05) is 4.90 Å². The Morgan fingerprint density at radius 1 is 1.29 bits per heavy atom. The van der Waals surface area contributed by atoms with E-state index in [0.29, 0.717) is 5.56 Å². The monoisotopic (exact) mass is 312 g/mol. The van der Waals surface area contributed by atoms with E-state index in [1.807, 2.05) is 24.3 Å². The fourth-order valence-electron chi connectivity index (χ4n) is 2.03. The molecule has 0 aliphatic carbocycles. The van der Waals surface area contributed by atoms with Gasteiger partial charge in [-0.3, -0.25) is 0 Å². The molecule has 0 saturated heterocycles. The van der Waals surface area contributed by atoms with Crippen molar-refractivity contribution in [2.24, 2.45) is 0 Å². The molecule has 0 spiro atoms. The second kappa shape index (κ2) is 5.86. The summed E-state index contributed by atoms with van der Waals surface area (Å²) >= 11 is 3.11. The number of rotatable bonds is 3. The van der Waals surface area contributed by atoms with Crippen molar-refractivity contribution in [1.82, 2.24) is 4.98 Å². The zero-order valence-electron chi connectivity index (χ0n) is 11.3. The molecule has 0 unspecified atom stereocenters. The molecule has 2 aromatic carbocycles. The summed E-state index contributed by atoms with van der Waals surface area (Å²) < 4.78 is 2.04. The van der Waals surface area contributed by atoms with E-state index in [-0.39, 0.29) is 0 Å². The summed E-state index contributed by atoms with van der Waals surface area (Å²) in [4.78, 5) is 5.46. The molecule has 1 atom stereocenters. The van der Waals surface area contributed by atoms with Gasteiger partial charge in [-0.05, 0) is 36.8 Å². The minimum Gasteiger partial charge on any atom is -0.389 e. The minimum absolute atomic E-state index is 0.574. The number of hydrogen-bond donors (Lipinski definition) is 1. The average molecular weight is 312 g/mol. The first kappa shape index (κ1) is 14.1. The fourth-order valence-corrected chi connectivity index (χ4v) is 4.30. The third-order valence-corrected chi connectivity index (χ3v) is 5.23. The quantitative estimate of drug-likeness (QED) is 0.780. The fraction of sp³-hybridized carbons (Fsp3) is 0.125. The summed E-state index contributed by atoms with van der Waals surface area (Å²) in [6.07, 6.45) is -0.574. The molecule has 0 fully saturated rings. The molecule has 0 bridgehead atoms. The first-order chi connectivity index (χ1) is 10.2. The zero-order valence-corrected chi connectivity index (χ0v) is 12.9. The number of benzene rings is 2. The van der Waals surface area contributed by atoms with Crippen molar-refractivity contribution in [3.63, 3.8) is 0 Å². The van der Waals surface area contributed by atoms with Gasteiger partial charge in [0.15, 0.2) is 4.34 Å². The Hall–Kier alpha value is -1.87. The summed E-state index contributed by atoms with van der Waals surface area (Å²) in [7, 11) is 0. The summed E-state index contributed by atoms with van der Waals surface area (Å²) in [5.41, 5.74) is 2.38. The van der Waals surface area contributed by atoms with Gasteiger partial charge >= 0.3 is 0 Å². The van der Waals surface area contributed by atoms with Crippen LogP contribution in [-0.2, 0) is 0 Å². The molecule has 104 valence electrons. The van der Waals surface area contributed by atoms with E-state index in [4.69, 9.17) is 5.26 Å². The number of para-hydroxylation sites is 1. The van der Waals surface area contributed by atoms with Crippen LogP contribution in [0, 0.1) is 11.3 Å². The highest BCUT2D eigenvalue weighted by molar-refractivity contribution is 8.01. The van der Waals surface area contributed by atoms with E-state index in [1.165, 1.54) is 11.8 Å². The Bertz CT molecular complexity index is 801. The highest BCUT2D eigenvalue weighted by Crippen LogP contribution is 2.37. The summed E-state index contributed by atoms with van der Waals surface area (Å²) in [5.74, 6) is 0.